The fourth-order valence-electron chi connectivity index (χ4n) is 5.93. The number of fused-ring (bicyclic) bond motifs is 2. The Hall–Kier alpha value is -4.55. The Morgan fingerprint density at radius 3 is 2.33 bits per heavy atom. The molecule has 0 unspecified atom stereocenters. The summed E-state index contributed by atoms with van der Waals surface area (Å²) in [5.74, 6) is 1.12. The van der Waals surface area contributed by atoms with Gasteiger partial charge < -0.3 is 24.1 Å². The van der Waals surface area contributed by atoms with Crippen molar-refractivity contribution in [2.24, 2.45) is 7.05 Å². The van der Waals surface area contributed by atoms with Crippen LogP contribution >= 0.6 is 0 Å². The first-order valence-electron chi connectivity index (χ1n) is 15.0. The molecule has 0 saturated carbocycles. The van der Waals surface area contributed by atoms with Crippen LogP contribution in [0.2, 0.25) is 0 Å². The van der Waals surface area contributed by atoms with Crippen molar-refractivity contribution in [3.63, 3.8) is 0 Å². The van der Waals surface area contributed by atoms with Crippen LogP contribution in [-0.4, -0.2) is 71.9 Å². The van der Waals surface area contributed by atoms with E-state index in [0.717, 1.165) is 27.4 Å². The van der Waals surface area contributed by atoms with Gasteiger partial charge >= 0.3 is 6.09 Å². The SMILES string of the molecule is COc1cc2c(-c3cc4c(CN5CC(NC(=O)OC(C)(C)C)C5)ccnc4n3S(=O)(=O)c3ccc(C)cc3)cn(C)c2cc1OC. The first kappa shape index (κ1) is 31.4. The van der Waals surface area contributed by atoms with Crippen molar-refractivity contribution in [1.29, 1.82) is 0 Å². The lowest BCUT2D eigenvalue weighted by Crippen LogP contribution is -2.59. The van der Waals surface area contributed by atoms with Crippen molar-refractivity contribution < 1.29 is 27.4 Å². The number of nitrogens with one attached hydrogen (secondary N) is 1. The van der Waals surface area contributed by atoms with E-state index in [0.29, 0.717) is 48.0 Å². The fourth-order valence-corrected chi connectivity index (χ4v) is 7.41. The average Bonchev–Trinajstić information content (AvgIpc) is 3.52. The van der Waals surface area contributed by atoms with E-state index in [4.69, 9.17) is 14.2 Å². The van der Waals surface area contributed by atoms with Gasteiger partial charge in [-0.3, -0.25) is 4.90 Å². The van der Waals surface area contributed by atoms with E-state index in [1.807, 2.05) is 69.8 Å². The number of nitrogens with zero attached hydrogens (tertiary/aromatic N) is 4. The summed E-state index contributed by atoms with van der Waals surface area (Å²) in [6.45, 7) is 9.26. The molecule has 0 atom stereocenters. The van der Waals surface area contributed by atoms with Crippen LogP contribution in [-0.2, 0) is 28.4 Å². The molecule has 1 aliphatic rings. The Balaban J connectivity index is 1.44. The van der Waals surface area contributed by atoms with Gasteiger partial charge in [-0.1, -0.05) is 17.7 Å². The molecule has 1 N–H and O–H groups in total. The Morgan fingerprint density at radius 2 is 1.67 bits per heavy atom. The number of benzene rings is 2. The summed E-state index contributed by atoms with van der Waals surface area (Å²) in [6.07, 6.45) is 3.13. The maximum Gasteiger partial charge on any atom is 0.407 e. The first-order valence-corrected chi connectivity index (χ1v) is 16.5. The van der Waals surface area contributed by atoms with Crippen LogP contribution in [0.15, 0.2) is 65.8 Å². The molecule has 11 nitrogen and oxygen atoms in total. The Kier molecular flexibility index (Phi) is 7.97. The average molecular weight is 646 g/mol. The number of hydrogen-bond acceptors (Lipinski definition) is 8. The van der Waals surface area contributed by atoms with Crippen molar-refractivity contribution in [1.82, 2.24) is 23.7 Å². The van der Waals surface area contributed by atoms with Gasteiger partial charge in [-0.15, -0.1) is 0 Å². The molecule has 3 aromatic heterocycles. The molecule has 2 aromatic carbocycles. The van der Waals surface area contributed by atoms with E-state index in [1.54, 1.807) is 44.7 Å². The highest BCUT2D eigenvalue weighted by molar-refractivity contribution is 7.90. The third-order valence-electron chi connectivity index (χ3n) is 8.15. The molecule has 1 amide bonds. The molecule has 1 fully saturated rings. The lowest BCUT2D eigenvalue weighted by Gasteiger charge is -2.39. The molecule has 46 heavy (non-hydrogen) atoms. The number of aromatic nitrogens is 3. The van der Waals surface area contributed by atoms with E-state index >= 15 is 0 Å². The number of hydrogen-bond donors (Lipinski definition) is 1. The number of pyridine rings is 1. The molecule has 4 heterocycles. The largest absolute Gasteiger partial charge is 0.493 e. The van der Waals surface area contributed by atoms with Gasteiger partial charge in [-0.25, -0.2) is 22.2 Å². The van der Waals surface area contributed by atoms with Gasteiger partial charge in [0.2, 0.25) is 0 Å². The summed E-state index contributed by atoms with van der Waals surface area (Å²) in [4.78, 5) is 19.2. The lowest BCUT2D eigenvalue weighted by molar-refractivity contribution is 0.0393. The van der Waals surface area contributed by atoms with Crippen molar-refractivity contribution in [3.8, 4) is 22.8 Å². The van der Waals surface area contributed by atoms with Gasteiger partial charge in [-0.05, 0) is 63.6 Å². The molecule has 6 rings (SSSR count). The summed E-state index contributed by atoms with van der Waals surface area (Å²) in [5, 5.41) is 4.46. The molecule has 0 aliphatic carbocycles. The zero-order chi connectivity index (χ0) is 33.0. The van der Waals surface area contributed by atoms with Gasteiger partial charge in [0.1, 0.15) is 5.60 Å². The minimum atomic E-state index is -4.07. The monoisotopic (exact) mass is 645 g/mol. The Labute approximate surface area is 268 Å². The van der Waals surface area contributed by atoms with E-state index < -0.39 is 21.7 Å². The van der Waals surface area contributed by atoms with Gasteiger partial charge in [-0.2, -0.15) is 0 Å². The topological polar surface area (TPSA) is 117 Å². The molecular weight excluding hydrogens is 606 g/mol. The molecule has 0 bridgehead atoms. The third-order valence-corrected chi connectivity index (χ3v) is 9.87. The summed E-state index contributed by atoms with van der Waals surface area (Å²) < 4.78 is 48.7. The molecule has 1 aliphatic heterocycles. The summed E-state index contributed by atoms with van der Waals surface area (Å²) in [6, 6.07) is 14.4. The molecule has 0 spiro atoms. The second-order valence-electron chi connectivity index (χ2n) is 12.7. The zero-order valence-corrected chi connectivity index (χ0v) is 27.9. The third kappa shape index (κ3) is 5.78. The van der Waals surface area contributed by atoms with E-state index in [-0.39, 0.29) is 10.9 Å². The Morgan fingerprint density at radius 1 is 1.00 bits per heavy atom. The second kappa shape index (κ2) is 11.7. The molecule has 0 radical (unpaired) electrons. The fraction of sp³-hybridized carbons (Fsp3) is 0.353. The molecule has 242 valence electrons. The number of amides is 1. The predicted molar refractivity (Wildman–Crippen MR) is 177 cm³/mol. The maximum atomic E-state index is 14.4. The second-order valence-corrected chi connectivity index (χ2v) is 14.5. The van der Waals surface area contributed by atoms with Gasteiger partial charge in [0, 0.05) is 61.5 Å². The quantitative estimate of drug-likeness (QED) is 0.236. The molecule has 1 saturated heterocycles. The summed E-state index contributed by atoms with van der Waals surface area (Å²) >= 11 is 0. The van der Waals surface area contributed by atoms with Crippen LogP contribution in [0.5, 0.6) is 11.5 Å². The number of rotatable bonds is 8. The normalized spacial score (nSPS) is 14.4. The van der Waals surface area contributed by atoms with Crippen LogP contribution in [0.25, 0.3) is 33.2 Å². The lowest BCUT2D eigenvalue weighted by atomic mass is 10.1. The van der Waals surface area contributed by atoms with E-state index in [2.05, 4.69) is 15.2 Å². The van der Waals surface area contributed by atoms with Crippen LogP contribution in [0.3, 0.4) is 0 Å². The number of carbonyl (C=O) groups is 1. The standard InChI is InChI=1S/C34H39N5O6S/c1-21-8-10-24(11-9-21)46(41,42)39-29(27-20-37(5)28-16-31(44-7)30(43-6)15-26(27)28)14-25-22(12-13-35-32(25)39)17-38-18-23(19-38)36-33(40)45-34(2,3)4/h8-16,20,23H,17-19H2,1-7H3,(H,36,40). The number of ether oxygens (including phenoxy) is 3. The number of carbonyl (C=O) groups excluding carboxylic acids is 1. The molecule has 5 aromatic rings. The molecule has 12 heteroatoms. The minimum Gasteiger partial charge on any atom is -0.493 e. The van der Waals surface area contributed by atoms with Crippen molar-refractivity contribution >= 4 is 38.1 Å². The first-order chi connectivity index (χ1) is 21.8. The van der Waals surface area contributed by atoms with Crippen molar-refractivity contribution in [3.05, 3.63) is 72.1 Å². The van der Waals surface area contributed by atoms with Gasteiger partial charge in [0.15, 0.2) is 17.1 Å². The highest BCUT2D eigenvalue weighted by Gasteiger charge is 2.32. The van der Waals surface area contributed by atoms with Crippen LogP contribution < -0.4 is 14.8 Å². The van der Waals surface area contributed by atoms with Crippen LogP contribution in [0.1, 0.15) is 31.9 Å². The smallest absolute Gasteiger partial charge is 0.407 e. The number of methoxy groups -OCH3 is 2. The predicted octanol–water partition coefficient (Wildman–Crippen LogP) is 5.47. The Bertz CT molecular complexity index is 2050. The van der Waals surface area contributed by atoms with E-state index in [9.17, 15) is 13.2 Å². The minimum absolute atomic E-state index is 0.0306. The summed E-state index contributed by atoms with van der Waals surface area (Å²) in [7, 11) is 1.00. The summed E-state index contributed by atoms with van der Waals surface area (Å²) in [5.41, 5.74) is 3.72. The van der Waals surface area contributed by atoms with Crippen molar-refractivity contribution in [2.75, 3.05) is 27.3 Å². The number of aryl methyl sites for hydroxylation is 2. The highest BCUT2D eigenvalue weighted by atomic mass is 32.2. The molecular formula is C34H39N5O6S. The van der Waals surface area contributed by atoms with Crippen molar-refractivity contribution in [2.45, 2.75) is 50.8 Å². The number of likely N-dealkylation sites (tertiary alicyclic amines) is 1. The maximum absolute atomic E-state index is 14.4. The van der Waals surface area contributed by atoms with Crippen LogP contribution in [0.4, 0.5) is 4.79 Å². The van der Waals surface area contributed by atoms with Gasteiger partial charge in [0.25, 0.3) is 10.0 Å². The number of alkyl carbamates (subject to hydrolysis) is 1. The van der Waals surface area contributed by atoms with Gasteiger partial charge in [0.05, 0.1) is 36.4 Å². The van der Waals surface area contributed by atoms with E-state index in [1.165, 1.54) is 3.97 Å². The van der Waals surface area contributed by atoms with Crippen LogP contribution in [0, 0.1) is 6.92 Å². The highest BCUT2D eigenvalue weighted by Crippen LogP contribution is 2.41. The zero-order valence-electron chi connectivity index (χ0n) is 27.1.